The Morgan fingerprint density at radius 1 is 0.704 bits per heavy atom. The van der Waals surface area contributed by atoms with Crippen molar-refractivity contribution >= 4 is 33.7 Å². The minimum Gasteiger partial charge on any atom is -0.342 e. The molecular weight excluding hydrogens is 356 g/mol. The smallest absolute Gasteiger partial charge is 0.113 e. The molecule has 0 amide bonds. The van der Waals surface area contributed by atoms with Crippen molar-refractivity contribution < 1.29 is 0 Å². The van der Waals surface area contributed by atoms with Crippen LogP contribution in [0, 0.1) is 0 Å². The summed E-state index contributed by atoms with van der Waals surface area (Å²) in [5.74, 6) is 0.871. The predicted molar refractivity (Wildman–Crippen MR) is 109 cm³/mol. The molecule has 2 aromatic heterocycles. The van der Waals surface area contributed by atoms with Crippen LogP contribution in [0.25, 0.3) is 33.3 Å². The van der Waals surface area contributed by atoms with Crippen LogP contribution in [0.4, 0.5) is 0 Å². The number of rotatable bonds is 3. The highest BCUT2D eigenvalue weighted by Gasteiger charge is 2.14. The van der Waals surface area contributed by atoms with Crippen molar-refractivity contribution in [1.82, 2.24) is 19.9 Å². The Morgan fingerprint density at radius 3 is 2.11 bits per heavy atom. The van der Waals surface area contributed by atoms with E-state index in [2.05, 4.69) is 4.98 Å². The number of hydrogen-bond donors (Lipinski definition) is 1. The van der Waals surface area contributed by atoms with Gasteiger partial charge in [0.25, 0.3) is 0 Å². The van der Waals surface area contributed by atoms with Crippen LogP contribution < -0.4 is 0 Å². The molecule has 5 aromatic rings. The first-order chi connectivity index (χ1) is 13.3. The van der Waals surface area contributed by atoms with E-state index in [4.69, 9.17) is 26.6 Å². The van der Waals surface area contributed by atoms with Crippen LogP contribution >= 0.6 is 11.6 Å². The van der Waals surface area contributed by atoms with E-state index >= 15 is 0 Å². The van der Waals surface area contributed by atoms with Crippen molar-refractivity contribution in [3.63, 3.8) is 0 Å². The van der Waals surface area contributed by atoms with E-state index in [9.17, 15) is 0 Å². The molecule has 5 heteroatoms. The molecule has 130 valence electrons. The first-order valence-electron chi connectivity index (χ1n) is 8.71. The van der Waals surface area contributed by atoms with Gasteiger partial charge in [0.05, 0.1) is 39.9 Å². The van der Waals surface area contributed by atoms with Crippen molar-refractivity contribution in [3.05, 3.63) is 89.3 Å². The monoisotopic (exact) mass is 370 g/mol. The number of nitrogens with one attached hydrogen (secondary N) is 1. The zero-order valence-electron chi connectivity index (χ0n) is 14.4. The fourth-order valence-electron chi connectivity index (χ4n) is 3.25. The number of fused-ring (bicyclic) bond motifs is 2. The summed E-state index contributed by atoms with van der Waals surface area (Å²) in [6.07, 6.45) is 0.574. The van der Waals surface area contributed by atoms with Gasteiger partial charge in [-0.2, -0.15) is 0 Å². The average Bonchev–Trinajstić information content (AvgIpc) is 3.10. The van der Waals surface area contributed by atoms with Crippen molar-refractivity contribution in [2.75, 3.05) is 0 Å². The number of halogens is 1. The maximum absolute atomic E-state index is 6.06. The molecule has 0 atom stereocenters. The van der Waals surface area contributed by atoms with Gasteiger partial charge < -0.3 is 4.98 Å². The molecular formula is C22H15ClN4. The topological polar surface area (TPSA) is 54.5 Å². The Bertz CT molecular complexity index is 1230. The predicted octanol–water partition coefficient (Wildman–Crippen LogP) is 5.42. The van der Waals surface area contributed by atoms with E-state index < -0.39 is 0 Å². The Hall–Kier alpha value is -3.24. The Morgan fingerprint density at radius 2 is 1.37 bits per heavy atom. The molecule has 4 nitrogen and oxygen atoms in total. The molecule has 1 N–H and O–H groups in total. The van der Waals surface area contributed by atoms with Gasteiger partial charge in [0.2, 0.25) is 0 Å². The number of H-pyrrole nitrogens is 1. The highest BCUT2D eigenvalue weighted by atomic mass is 35.5. The van der Waals surface area contributed by atoms with E-state index in [-0.39, 0.29) is 0 Å². The number of aromatic nitrogens is 4. The summed E-state index contributed by atoms with van der Waals surface area (Å²) in [6, 6.07) is 23.6. The summed E-state index contributed by atoms with van der Waals surface area (Å²) in [6.45, 7) is 0. The molecule has 27 heavy (non-hydrogen) atoms. The number of aromatic amines is 1. The van der Waals surface area contributed by atoms with Gasteiger partial charge in [-0.25, -0.2) is 15.0 Å². The number of nitrogens with zero attached hydrogens (tertiary/aromatic N) is 3. The van der Waals surface area contributed by atoms with Gasteiger partial charge in [0, 0.05) is 10.6 Å². The van der Waals surface area contributed by atoms with Gasteiger partial charge in [0.15, 0.2) is 0 Å². The molecule has 0 fully saturated rings. The van der Waals surface area contributed by atoms with Crippen LogP contribution in [0.2, 0.25) is 5.02 Å². The molecule has 0 radical (unpaired) electrons. The van der Waals surface area contributed by atoms with Crippen molar-refractivity contribution in [2.24, 2.45) is 0 Å². The fraction of sp³-hybridized carbons (Fsp3) is 0.0455. The quantitative estimate of drug-likeness (QED) is 0.461. The van der Waals surface area contributed by atoms with Crippen molar-refractivity contribution in [1.29, 1.82) is 0 Å². The largest absolute Gasteiger partial charge is 0.342 e. The second kappa shape index (κ2) is 6.49. The van der Waals surface area contributed by atoms with Gasteiger partial charge >= 0.3 is 0 Å². The Kier molecular flexibility index (Phi) is 3.84. The second-order valence-corrected chi connectivity index (χ2v) is 6.83. The lowest BCUT2D eigenvalue weighted by Crippen LogP contribution is -2.01. The summed E-state index contributed by atoms with van der Waals surface area (Å²) in [5.41, 5.74) is 6.45. The van der Waals surface area contributed by atoms with Crippen LogP contribution in [0.1, 0.15) is 11.5 Å². The number of para-hydroxylation sites is 4. The minimum absolute atomic E-state index is 0.574. The summed E-state index contributed by atoms with van der Waals surface area (Å²) in [5, 5.41) is 0.700. The maximum atomic E-state index is 6.06. The first-order valence-corrected chi connectivity index (χ1v) is 9.09. The van der Waals surface area contributed by atoms with Crippen LogP contribution in [-0.2, 0) is 6.42 Å². The molecule has 0 aliphatic rings. The van der Waals surface area contributed by atoms with Crippen LogP contribution in [-0.4, -0.2) is 19.9 Å². The first kappa shape index (κ1) is 16.0. The van der Waals surface area contributed by atoms with E-state index in [0.29, 0.717) is 11.4 Å². The number of imidazole rings is 1. The van der Waals surface area contributed by atoms with Crippen LogP contribution in [0.15, 0.2) is 72.8 Å². The fourth-order valence-corrected chi connectivity index (χ4v) is 3.37. The third-order valence-electron chi connectivity index (χ3n) is 4.53. The lowest BCUT2D eigenvalue weighted by Gasteiger charge is -2.09. The van der Waals surface area contributed by atoms with Crippen LogP contribution in [0.3, 0.4) is 0 Å². The maximum Gasteiger partial charge on any atom is 0.113 e. The van der Waals surface area contributed by atoms with E-state index in [1.54, 1.807) is 0 Å². The molecule has 0 bridgehead atoms. The second-order valence-electron chi connectivity index (χ2n) is 6.39. The molecule has 0 unspecified atom stereocenters. The lowest BCUT2D eigenvalue weighted by molar-refractivity contribution is 0.986. The molecule has 3 aromatic carbocycles. The lowest BCUT2D eigenvalue weighted by atomic mass is 10.1. The zero-order chi connectivity index (χ0) is 18.2. The molecule has 0 aliphatic carbocycles. The highest BCUT2D eigenvalue weighted by molar-refractivity contribution is 6.30. The third-order valence-corrected chi connectivity index (χ3v) is 4.79. The number of hydrogen-bond acceptors (Lipinski definition) is 3. The van der Waals surface area contributed by atoms with Gasteiger partial charge in [0.1, 0.15) is 5.82 Å². The molecule has 0 saturated carbocycles. The molecule has 0 aliphatic heterocycles. The summed E-state index contributed by atoms with van der Waals surface area (Å²) in [4.78, 5) is 17.8. The van der Waals surface area contributed by atoms with Gasteiger partial charge in [-0.05, 0) is 36.4 Å². The number of benzene rings is 3. The molecule has 5 rings (SSSR count). The van der Waals surface area contributed by atoms with Gasteiger partial charge in [-0.3, -0.25) is 0 Å². The standard InChI is InChI=1S/C22H15ClN4/c23-15-11-9-14(10-12-15)22-20(24-16-5-1-4-8-19(16)27-22)13-21-25-17-6-2-3-7-18(17)26-21/h1-12H,13H2,(H,25,26). The summed E-state index contributed by atoms with van der Waals surface area (Å²) in [7, 11) is 0. The minimum atomic E-state index is 0.574. The summed E-state index contributed by atoms with van der Waals surface area (Å²) >= 11 is 6.06. The SMILES string of the molecule is Clc1ccc(-c2nc3ccccc3nc2Cc2nc3ccccc3[nH]2)cc1. The van der Waals surface area contributed by atoms with E-state index in [0.717, 1.165) is 44.8 Å². The average molecular weight is 371 g/mol. The molecule has 0 spiro atoms. The van der Waals surface area contributed by atoms with Crippen molar-refractivity contribution in [2.45, 2.75) is 6.42 Å². The van der Waals surface area contributed by atoms with Crippen molar-refractivity contribution in [3.8, 4) is 11.3 Å². The normalized spacial score (nSPS) is 11.3. The van der Waals surface area contributed by atoms with Gasteiger partial charge in [-0.1, -0.05) is 48.0 Å². The third kappa shape index (κ3) is 3.04. The Labute approximate surface area is 160 Å². The molecule has 0 saturated heterocycles. The summed E-state index contributed by atoms with van der Waals surface area (Å²) < 4.78 is 0. The van der Waals surface area contributed by atoms with E-state index in [1.165, 1.54) is 0 Å². The highest BCUT2D eigenvalue weighted by Crippen LogP contribution is 2.26. The van der Waals surface area contributed by atoms with E-state index in [1.807, 2.05) is 72.8 Å². The van der Waals surface area contributed by atoms with Crippen LogP contribution in [0.5, 0.6) is 0 Å². The molecule has 2 heterocycles. The zero-order valence-corrected chi connectivity index (χ0v) is 15.1. The van der Waals surface area contributed by atoms with Gasteiger partial charge in [-0.15, -0.1) is 0 Å². The Balaban J connectivity index is 1.66.